The number of para-hydroxylation sites is 2. The molecule has 2 heterocycles. The number of ether oxygens (including phenoxy) is 1. The molecular formula is C26H26N6O2. The lowest BCUT2D eigenvalue weighted by molar-refractivity contribution is 0.373. The van der Waals surface area contributed by atoms with E-state index in [2.05, 4.69) is 9.97 Å². The van der Waals surface area contributed by atoms with E-state index in [1.54, 1.807) is 13.2 Å². The van der Waals surface area contributed by atoms with Crippen LogP contribution in [0.3, 0.4) is 0 Å². The molecule has 0 spiro atoms. The lowest BCUT2D eigenvalue weighted by Gasteiger charge is -2.13. The van der Waals surface area contributed by atoms with Crippen molar-refractivity contribution < 1.29 is 9.84 Å². The van der Waals surface area contributed by atoms with E-state index < -0.39 is 0 Å². The molecule has 3 aromatic carbocycles. The normalized spacial score (nSPS) is 12.3. The van der Waals surface area contributed by atoms with Crippen molar-refractivity contribution in [1.82, 2.24) is 19.9 Å². The number of imidazole rings is 2. The third-order valence-electron chi connectivity index (χ3n) is 6.08. The first-order valence-corrected chi connectivity index (χ1v) is 11.2. The molecule has 0 amide bonds. The van der Waals surface area contributed by atoms with Crippen LogP contribution in [0.15, 0.2) is 60.7 Å². The number of nitrogens with one attached hydrogen (secondary N) is 3. The number of hydrogen-bond donors (Lipinski definition) is 5. The number of hydrogen-bond acceptors (Lipinski definition) is 5. The van der Waals surface area contributed by atoms with Gasteiger partial charge in [0, 0.05) is 5.56 Å². The number of H-pyrrole nitrogens is 2. The number of aromatic amines is 2. The predicted octanol–water partition coefficient (Wildman–Crippen LogP) is 4.59. The van der Waals surface area contributed by atoms with Crippen LogP contribution in [0.4, 0.5) is 0 Å². The smallest absolute Gasteiger partial charge is 0.160 e. The molecule has 1 atom stereocenters. The van der Waals surface area contributed by atoms with Gasteiger partial charge in [-0.05, 0) is 67.3 Å². The van der Waals surface area contributed by atoms with E-state index in [1.807, 2.05) is 54.6 Å². The molecule has 34 heavy (non-hydrogen) atoms. The van der Waals surface area contributed by atoms with E-state index in [0.29, 0.717) is 11.3 Å². The van der Waals surface area contributed by atoms with Crippen molar-refractivity contribution in [2.24, 2.45) is 5.73 Å². The first-order valence-electron chi connectivity index (χ1n) is 11.2. The minimum atomic E-state index is -0.0698. The molecule has 0 fully saturated rings. The number of benzene rings is 3. The van der Waals surface area contributed by atoms with Crippen LogP contribution in [0, 0.1) is 5.41 Å². The summed E-state index contributed by atoms with van der Waals surface area (Å²) >= 11 is 0. The van der Waals surface area contributed by atoms with Crippen LogP contribution >= 0.6 is 0 Å². The van der Waals surface area contributed by atoms with Gasteiger partial charge in [-0.1, -0.05) is 18.2 Å². The highest BCUT2D eigenvalue weighted by molar-refractivity contribution is 5.97. The summed E-state index contributed by atoms with van der Waals surface area (Å²) in [5.41, 5.74) is 11.0. The van der Waals surface area contributed by atoms with Crippen molar-refractivity contribution in [3.05, 3.63) is 83.4 Å². The van der Waals surface area contributed by atoms with Crippen LogP contribution in [0.1, 0.15) is 41.5 Å². The van der Waals surface area contributed by atoms with E-state index in [-0.39, 0.29) is 17.5 Å². The number of phenols is 1. The molecule has 0 radical (unpaired) electrons. The second-order valence-electron chi connectivity index (χ2n) is 8.36. The van der Waals surface area contributed by atoms with Gasteiger partial charge in [0.25, 0.3) is 0 Å². The fourth-order valence-corrected chi connectivity index (χ4v) is 4.29. The predicted molar refractivity (Wildman–Crippen MR) is 133 cm³/mol. The molecule has 172 valence electrons. The second kappa shape index (κ2) is 8.90. The first-order chi connectivity index (χ1) is 16.5. The fourth-order valence-electron chi connectivity index (χ4n) is 4.29. The zero-order valence-corrected chi connectivity index (χ0v) is 18.8. The number of methoxy groups -OCH3 is 1. The Labute approximate surface area is 196 Å². The van der Waals surface area contributed by atoms with Gasteiger partial charge in [0.15, 0.2) is 11.5 Å². The molecule has 2 aromatic heterocycles. The number of nitrogens with two attached hydrogens (primary N) is 1. The number of fused-ring (bicyclic) bond motifs is 2. The molecule has 0 bridgehead atoms. The van der Waals surface area contributed by atoms with E-state index >= 15 is 0 Å². The highest BCUT2D eigenvalue weighted by Crippen LogP contribution is 2.31. The Bertz CT molecular complexity index is 1450. The van der Waals surface area contributed by atoms with Gasteiger partial charge in [0.1, 0.15) is 17.5 Å². The Balaban J connectivity index is 1.46. The van der Waals surface area contributed by atoms with Gasteiger partial charge in [0.2, 0.25) is 0 Å². The fraction of sp³-hybridized carbons (Fsp3) is 0.192. The molecule has 8 nitrogen and oxygen atoms in total. The topological polar surface area (TPSA) is 137 Å². The lowest BCUT2D eigenvalue weighted by atomic mass is 9.98. The van der Waals surface area contributed by atoms with Crippen molar-refractivity contribution >= 4 is 27.9 Å². The largest absolute Gasteiger partial charge is 0.504 e. The number of aryl methyl sites for hydroxylation is 1. The summed E-state index contributed by atoms with van der Waals surface area (Å²) in [4.78, 5) is 16.6. The minimum absolute atomic E-state index is 0.0243. The summed E-state index contributed by atoms with van der Waals surface area (Å²) < 4.78 is 5.24. The standard InChI is InChI=1S/C26H26N6O2/c1-34-23-13-15(9-12-22(23)33)5-4-6-17(25-29-18-7-2-3-8-19(18)30-25)26-31-20-11-10-16(24(27)28)14-21(20)32-26/h2-3,7-14,17,33H,4-6H2,1H3,(H3,27,28)(H,29,30)(H,31,32). The molecule has 8 heteroatoms. The summed E-state index contributed by atoms with van der Waals surface area (Å²) in [6, 6.07) is 19.0. The summed E-state index contributed by atoms with van der Waals surface area (Å²) in [6.45, 7) is 0. The molecule has 5 aromatic rings. The number of rotatable bonds is 8. The van der Waals surface area contributed by atoms with Gasteiger partial charge in [0.05, 0.1) is 35.1 Å². The highest BCUT2D eigenvalue weighted by atomic mass is 16.5. The first kappa shape index (κ1) is 21.5. The zero-order valence-electron chi connectivity index (χ0n) is 18.8. The van der Waals surface area contributed by atoms with Crippen LogP contribution in [-0.2, 0) is 6.42 Å². The molecule has 0 aliphatic heterocycles. The Kier molecular flexibility index (Phi) is 5.63. The van der Waals surface area contributed by atoms with Gasteiger partial charge < -0.3 is 25.5 Å². The van der Waals surface area contributed by atoms with E-state index in [0.717, 1.165) is 58.5 Å². The average molecular weight is 455 g/mol. The summed E-state index contributed by atoms with van der Waals surface area (Å²) in [5.74, 6) is 2.24. The van der Waals surface area contributed by atoms with Crippen LogP contribution in [-0.4, -0.2) is 38.0 Å². The molecule has 6 N–H and O–H groups in total. The quantitative estimate of drug-likeness (QED) is 0.172. The van der Waals surface area contributed by atoms with Crippen molar-refractivity contribution in [2.45, 2.75) is 25.2 Å². The molecule has 5 rings (SSSR count). The van der Waals surface area contributed by atoms with Crippen LogP contribution in [0.25, 0.3) is 22.1 Å². The van der Waals surface area contributed by atoms with Crippen molar-refractivity contribution in [3.8, 4) is 11.5 Å². The van der Waals surface area contributed by atoms with Crippen LogP contribution < -0.4 is 10.5 Å². The number of nitrogens with zero attached hydrogens (tertiary/aromatic N) is 2. The maximum absolute atomic E-state index is 9.87. The number of phenolic OH excluding ortho intramolecular Hbond substituents is 1. The molecule has 1 unspecified atom stereocenters. The number of nitrogen functional groups attached to an aromatic ring is 1. The number of aromatic nitrogens is 4. The Morgan fingerprint density at radius 3 is 2.47 bits per heavy atom. The molecular weight excluding hydrogens is 428 g/mol. The third-order valence-corrected chi connectivity index (χ3v) is 6.08. The molecule has 0 saturated carbocycles. The van der Waals surface area contributed by atoms with E-state index in [9.17, 15) is 5.11 Å². The Morgan fingerprint density at radius 2 is 1.74 bits per heavy atom. The third kappa shape index (κ3) is 4.17. The summed E-state index contributed by atoms with van der Waals surface area (Å²) in [7, 11) is 1.55. The summed E-state index contributed by atoms with van der Waals surface area (Å²) in [5, 5.41) is 17.6. The van der Waals surface area contributed by atoms with Gasteiger partial charge in [-0.3, -0.25) is 5.41 Å². The molecule has 0 saturated heterocycles. The van der Waals surface area contributed by atoms with Crippen LogP contribution in [0.5, 0.6) is 11.5 Å². The highest BCUT2D eigenvalue weighted by Gasteiger charge is 2.22. The summed E-state index contributed by atoms with van der Waals surface area (Å²) in [6.07, 6.45) is 2.51. The van der Waals surface area contributed by atoms with Crippen molar-refractivity contribution in [3.63, 3.8) is 0 Å². The van der Waals surface area contributed by atoms with E-state index in [1.165, 1.54) is 0 Å². The number of amidine groups is 1. The van der Waals surface area contributed by atoms with Gasteiger partial charge in [-0.25, -0.2) is 9.97 Å². The lowest BCUT2D eigenvalue weighted by Crippen LogP contribution is -2.10. The molecule has 0 aliphatic carbocycles. The Morgan fingerprint density at radius 1 is 1.00 bits per heavy atom. The maximum Gasteiger partial charge on any atom is 0.160 e. The van der Waals surface area contributed by atoms with E-state index in [4.69, 9.17) is 25.8 Å². The minimum Gasteiger partial charge on any atom is -0.504 e. The molecule has 0 aliphatic rings. The Hall–Kier alpha value is -4.33. The van der Waals surface area contributed by atoms with Gasteiger partial charge in [-0.15, -0.1) is 0 Å². The zero-order chi connectivity index (χ0) is 23.7. The average Bonchev–Trinajstić information content (AvgIpc) is 3.46. The van der Waals surface area contributed by atoms with Gasteiger partial charge >= 0.3 is 0 Å². The van der Waals surface area contributed by atoms with Gasteiger partial charge in [-0.2, -0.15) is 0 Å². The van der Waals surface area contributed by atoms with Crippen LogP contribution in [0.2, 0.25) is 0 Å². The second-order valence-corrected chi connectivity index (χ2v) is 8.36. The van der Waals surface area contributed by atoms with Crippen molar-refractivity contribution in [1.29, 1.82) is 5.41 Å². The monoisotopic (exact) mass is 454 g/mol. The number of aromatic hydroxyl groups is 1. The SMILES string of the molecule is COc1cc(CCCC(c2nc3ccccc3[nH]2)c2nc3ccc(C(=N)N)cc3[nH]2)ccc1O. The maximum atomic E-state index is 9.87. The van der Waals surface area contributed by atoms with Crippen molar-refractivity contribution in [2.75, 3.05) is 7.11 Å².